The van der Waals surface area contributed by atoms with Gasteiger partial charge in [-0.25, -0.2) is 4.39 Å². The van der Waals surface area contributed by atoms with Gasteiger partial charge in [-0.05, 0) is 30.5 Å². The fourth-order valence-electron chi connectivity index (χ4n) is 2.16. The Morgan fingerprint density at radius 2 is 1.89 bits per heavy atom. The summed E-state index contributed by atoms with van der Waals surface area (Å²) in [6, 6.07) is 4.21. The topological polar surface area (TPSA) is 17.1 Å². The van der Waals surface area contributed by atoms with Gasteiger partial charge in [0.15, 0.2) is 0 Å². The first-order chi connectivity index (χ1) is 8.58. The predicted molar refractivity (Wildman–Crippen MR) is 73.4 cm³/mol. The predicted octanol–water partition coefficient (Wildman–Crippen LogP) is 4.81. The summed E-state index contributed by atoms with van der Waals surface area (Å²) in [6.07, 6.45) is 4.17. The minimum absolute atomic E-state index is 0.112. The van der Waals surface area contributed by atoms with Crippen LogP contribution in [0.15, 0.2) is 18.2 Å². The van der Waals surface area contributed by atoms with Crippen molar-refractivity contribution in [2.75, 3.05) is 0 Å². The minimum atomic E-state index is -0.366. The lowest BCUT2D eigenvalue weighted by Crippen LogP contribution is -2.17. The van der Waals surface area contributed by atoms with E-state index in [2.05, 4.69) is 13.8 Å². The van der Waals surface area contributed by atoms with Crippen molar-refractivity contribution < 1.29 is 9.18 Å². The molecule has 0 saturated carbocycles. The molecule has 0 aliphatic heterocycles. The van der Waals surface area contributed by atoms with Crippen LogP contribution in [0.2, 0.25) is 5.02 Å². The molecule has 1 rings (SSSR count). The van der Waals surface area contributed by atoms with Gasteiger partial charge in [0.05, 0.1) is 0 Å². The molecule has 0 aliphatic carbocycles. The molecule has 0 fully saturated rings. The average Bonchev–Trinajstić information content (AvgIpc) is 2.32. The molecule has 0 N–H and O–H groups in total. The lowest BCUT2D eigenvalue weighted by Gasteiger charge is -2.14. The first-order valence-electron chi connectivity index (χ1n) is 6.55. The summed E-state index contributed by atoms with van der Waals surface area (Å²) in [6.45, 7) is 4.17. The molecule has 3 heteroatoms. The Labute approximate surface area is 113 Å². The van der Waals surface area contributed by atoms with Crippen LogP contribution in [0.5, 0.6) is 0 Å². The van der Waals surface area contributed by atoms with Crippen LogP contribution in [0.4, 0.5) is 4.39 Å². The second-order valence-electron chi connectivity index (χ2n) is 4.65. The van der Waals surface area contributed by atoms with Crippen molar-refractivity contribution in [3.63, 3.8) is 0 Å². The summed E-state index contributed by atoms with van der Waals surface area (Å²) in [5, 5.41) is 0.343. The number of hydrogen-bond donors (Lipinski definition) is 0. The summed E-state index contributed by atoms with van der Waals surface area (Å²) < 4.78 is 12.9. The van der Waals surface area contributed by atoms with Gasteiger partial charge >= 0.3 is 0 Å². The Hall–Kier alpha value is -0.890. The highest BCUT2D eigenvalue weighted by Gasteiger charge is 2.18. The number of halogens is 2. The second kappa shape index (κ2) is 7.52. The summed E-state index contributed by atoms with van der Waals surface area (Å²) >= 11 is 5.94. The highest BCUT2D eigenvalue weighted by Crippen LogP contribution is 2.22. The number of benzene rings is 1. The molecule has 0 aliphatic rings. The Morgan fingerprint density at radius 1 is 1.28 bits per heavy atom. The monoisotopic (exact) mass is 270 g/mol. The third kappa shape index (κ3) is 4.41. The normalized spacial score (nSPS) is 10.9. The fourth-order valence-corrected chi connectivity index (χ4v) is 2.39. The Kier molecular flexibility index (Phi) is 6.34. The summed E-state index contributed by atoms with van der Waals surface area (Å²) in [5.41, 5.74) is 0.722. The van der Waals surface area contributed by atoms with E-state index in [0.29, 0.717) is 11.4 Å². The van der Waals surface area contributed by atoms with Gasteiger partial charge in [0.25, 0.3) is 0 Å². The molecule has 0 radical (unpaired) electrons. The number of carbonyl (C=O) groups is 1. The molecule has 0 spiro atoms. The minimum Gasteiger partial charge on any atom is -0.299 e. The molecule has 1 aromatic carbocycles. The van der Waals surface area contributed by atoms with Gasteiger partial charge in [0.1, 0.15) is 11.6 Å². The van der Waals surface area contributed by atoms with Crippen LogP contribution in [0, 0.1) is 11.7 Å². The third-order valence-electron chi connectivity index (χ3n) is 3.11. The van der Waals surface area contributed by atoms with Gasteiger partial charge in [-0.3, -0.25) is 4.79 Å². The molecule has 1 nitrogen and oxygen atoms in total. The van der Waals surface area contributed by atoms with Crippen LogP contribution < -0.4 is 0 Å². The zero-order valence-electron chi connectivity index (χ0n) is 11.0. The summed E-state index contributed by atoms with van der Waals surface area (Å²) in [5.74, 6) is -0.0387. The SMILES string of the molecule is CCCC(CCC)C(=O)Cc1ccc(F)cc1Cl. The van der Waals surface area contributed by atoms with Crippen LogP contribution in [0.3, 0.4) is 0 Å². The van der Waals surface area contributed by atoms with E-state index in [9.17, 15) is 9.18 Å². The molecule has 18 heavy (non-hydrogen) atoms. The van der Waals surface area contributed by atoms with Crippen LogP contribution >= 0.6 is 11.6 Å². The molecule has 0 saturated heterocycles. The smallest absolute Gasteiger partial charge is 0.140 e. The molecular formula is C15H20ClFO. The number of carbonyl (C=O) groups excluding carboxylic acids is 1. The molecule has 0 aromatic heterocycles. The Bertz CT molecular complexity index is 397. The van der Waals surface area contributed by atoms with Crippen LogP contribution in [-0.4, -0.2) is 5.78 Å². The van der Waals surface area contributed by atoms with Crippen molar-refractivity contribution in [3.8, 4) is 0 Å². The maximum Gasteiger partial charge on any atom is 0.140 e. The second-order valence-corrected chi connectivity index (χ2v) is 5.06. The average molecular weight is 271 g/mol. The van der Waals surface area contributed by atoms with E-state index in [-0.39, 0.29) is 17.5 Å². The summed E-state index contributed by atoms with van der Waals surface area (Å²) in [4.78, 5) is 12.2. The molecule has 1 aromatic rings. The lowest BCUT2D eigenvalue weighted by molar-refractivity contribution is -0.122. The first kappa shape index (κ1) is 15.2. The molecule has 0 unspecified atom stereocenters. The zero-order chi connectivity index (χ0) is 13.5. The molecule has 0 amide bonds. The van der Waals surface area contributed by atoms with Gasteiger partial charge in [0.2, 0.25) is 0 Å². The molecular weight excluding hydrogens is 251 g/mol. The van der Waals surface area contributed by atoms with Crippen molar-refractivity contribution in [3.05, 3.63) is 34.6 Å². The highest BCUT2D eigenvalue weighted by molar-refractivity contribution is 6.31. The number of rotatable bonds is 7. The van der Waals surface area contributed by atoms with Crippen LogP contribution in [0.1, 0.15) is 45.1 Å². The molecule has 100 valence electrons. The first-order valence-corrected chi connectivity index (χ1v) is 6.92. The Balaban J connectivity index is 2.72. The standard InChI is InChI=1S/C15H20ClFO/c1-3-5-11(6-4-2)15(18)9-12-7-8-13(17)10-14(12)16/h7-8,10-11H,3-6,9H2,1-2H3. The van der Waals surface area contributed by atoms with Crippen molar-refractivity contribution >= 4 is 17.4 Å². The van der Waals surface area contributed by atoms with Gasteiger partial charge in [-0.15, -0.1) is 0 Å². The van der Waals surface area contributed by atoms with Gasteiger partial charge in [-0.2, -0.15) is 0 Å². The van der Waals surface area contributed by atoms with E-state index in [1.165, 1.54) is 12.1 Å². The van der Waals surface area contributed by atoms with E-state index in [1.807, 2.05) is 0 Å². The van der Waals surface area contributed by atoms with Gasteiger partial charge in [0, 0.05) is 17.4 Å². The Morgan fingerprint density at radius 3 is 2.39 bits per heavy atom. The number of ketones is 1. The van der Waals surface area contributed by atoms with Gasteiger partial charge < -0.3 is 0 Å². The van der Waals surface area contributed by atoms with Crippen LogP contribution in [-0.2, 0) is 11.2 Å². The summed E-state index contributed by atoms with van der Waals surface area (Å²) in [7, 11) is 0. The molecule has 0 atom stereocenters. The van der Waals surface area contributed by atoms with Crippen molar-refractivity contribution in [2.24, 2.45) is 5.92 Å². The zero-order valence-corrected chi connectivity index (χ0v) is 11.8. The van der Waals surface area contributed by atoms with E-state index in [4.69, 9.17) is 11.6 Å². The largest absolute Gasteiger partial charge is 0.299 e. The quantitative estimate of drug-likeness (QED) is 0.695. The van der Waals surface area contributed by atoms with E-state index < -0.39 is 0 Å². The van der Waals surface area contributed by atoms with Crippen molar-refractivity contribution in [1.82, 2.24) is 0 Å². The van der Waals surface area contributed by atoms with Crippen LogP contribution in [0.25, 0.3) is 0 Å². The fraction of sp³-hybridized carbons (Fsp3) is 0.533. The van der Waals surface area contributed by atoms with E-state index in [0.717, 1.165) is 31.2 Å². The highest BCUT2D eigenvalue weighted by atomic mass is 35.5. The van der Waals surface area contributed by atoms with E-state index in [1.54, 1.807) is 6.07 Å². The number of hydrogen-bond acceptors (Lipinski definition) is 1. The molecule has 0 bridgehead atoms. The maximum absolute atomic E-state index is 12.9. The van der Waals surface area contributed by atoms with Gasteiger partial charge in [-0.1, -0.05) is 44.4 Å². The molecule has 0 heterocycles. The maximum atomic E-state index is 12.9. The van der Waals surface area contributed by atoms with E-state index >= 15 is 0 Å². The third-order valence-corrected chi connectivity index (χ3v) is 3.46. The number of Topliss-reactive ketones (excluding diaryl/α,β-unsaturated/α-hetero) is 1. The van der Waals surface area contributed by atoms with Crippen molar-refractivity contribution in [1.29, 1.82) is 0 Å². The lowest BCUT2D eigenvalue weighted by atomic mass is 9.90. The van der Waals surface area contributed by atoms with Crippen molar-refractivity contribution in [2.45, 2.75) is 46.0 Å².